The largest absolute Gasteiger partial charge is 0.332 e. The van der Waals surface area contributed by atoms with E-state index in [9.17, 15) is 14.0 Å². The van der Waals surface area contributed by atoms with Crippen molar-refractivity contribution in [2.45, 2.75) is 33.9 Å². The highest BCUT2D eigenvalue weighted by Gasteiger charge is 2.17. The molecule has 0 fully saturated rings. The van der Waals surface area contributed by atoms with Gasteiger partial charge in [-0.1, -0.05) is 18.2 Å². The molecule has 0 unspecified atom stereocenters. The van der Waals surface area contributed by atoms with Crippen LogP contribution in [0, 0.1) is 12.7 Å². The van der Waals surface area contributed by atoms with Gasteiger partial charge >= 0.3 is 5.69 Å². The summed E-state index contributed by atoms with van der Waals surface area (Å²) in [7, 11) is 1.74. The van der Waals surface area contributed by atoms with E-state index in [-0.39, 0.29) is 17.1 Å². The molecule has 0 saturated heterocycles. The highest BCUT2D eigenvalue weighted by Crippen LogP contribution is 2.17. The van der Waals surface area contributed by atoms with Gasteiger partial charge < -0.3 is 4.57 Å². The number of rotatable bonds is 4. The van der Waals surface area contributed by atoms with Crippen LogP contribution < -0.4 is 11.2 Å². The maximum absolute atomic E-state index is 13.7. The molecular formula is C19H21FN4O2. The summed E-state index contributed by atoms with van der Waals surface area (Å²) >= 11 is 0. The van der Waals surface area contributed by atoms with E-state index in [0.29, 0.717) is 35.6 Å². The molecule has 0 bridgehead atoms. The number of benzene rings is 1. The van der Waals surface area contributed by atoms with Crippen molar-refractivity contribution in [3.8, 4) is 0 Å². The van der Waals surface area contributed by atoms with E-state index in [4.69, 9.17) is 0 Å². The standard InChI is InChI=1S/C19H21FN4O2/c1-5-23-17-16(18(25)24(6-2)19(23)26)22(4)15(21-17)11-10-13-8-7-9-14(20)12(13)3/h7-11H,5-6H2,1-4H3/b11-10+. The Labute approximate surface area is 149 Å². The first-order chi connectivity index (χ1) is 12.4. The lowest BCUT2D eigenvalue weighted by atomic mass is 10.1. The molecule has 0 aliphatic heterocycles. The summed E-state index contributed by atoms with van der Waals surface area (Å²) in [6.07, 6.45) is 3.48. The van der Waals surface area contributed by atoms with Gasteiger partial charge in [0.2, 0.25) is 0 Å². The number of hydrogen-bond donors (Lipinski definition) is 0. The number of fused-ring (bicyclic) bond motifs is 1. The number of aryl methyl sites for hydroxylation is 2. The van der Waals surface area contributed by atoms with E-state index >= 15 is 0 Å². The number of imidazole rings is 1. The molecule has 0 radical (unpaired) electrons. The van der Waals surface area contributed by atoms with Crippen molar-refractivity contribution in [2.75, 3.05) is 0 Å². The Morgan fingerprint density at radius 3 is 2.46 bits per heavy atom. The van der Waals surface area contributed by atoms with Crippen LogP contribution in [0.5, 0.6) is 0 Å². The first kappa shape index (κ1) is 17.8. The molecule has 0 N–H and O–H groups in total. The zero-order valence-electron chi connectivity index (χ0n) is 15.3. The topological polar surface area (TPSA) is 61.8 Å². The zero-order chi connectivity index (χ0) is 19.0. The van der Waals surface area contributed by atoms with Crippen molar-refractivity contribution in [2.24, 2.45) is 7.05 Å². The summed E-state index contributed by atoms with van der Waals surface area (Å²) in [4.78, 5) is 29.6. The smallest absolute Gasteiger partial charge is 0.322 e. The fourth-order valence-corrected chi connectivity index (χ4v) is 3.06. The Bertz CT molecular complexity index is 1140. The predicted molar refractivity (Wildman–Crippen MR) is 101 cm³/mol. The van der Waals surface area contributed by atoms with Crippen molar-refractivity contribution in [3.63, 3.8) is 0 Å². The van der Waals surface area contributed by atoms with Crippen LogP contribution in [0.15, 0.2) is 27.8 Å². The van der Waals surface area contributed by atoms with Gasteiger partial charge in [0.25, 0.3) is 5.56 Å². The number of nitrogens with zero attached hydrogens (tertiary/aromatic N) is 4. The summed E-state index contributed by atoms with van der Waals surface area (Å²) in [5, 5.41) is 0. The molecule has 3 aromatic rings. The zero-order valence-corrected chi connectivity index (χ0v) is 15.3. The van der Waals surface area contributed by atoms with Gasteiger partial charge in [-0.2, -0.15) is 0 Å². The highest BCUT2D eigenvalue weighted by atomic mass is 19.1. The van der Waals surface area contributed by atoms with E-state index in [1.807, 2.05) is 13.0 Å². The lowest BCUT2D eigenvalue weighted by Gasteiger charge is -2.08. The molecule has 1 aromatic carbocycles. The molecule has 0 spiro atoms. The molecule has 0 amide bonds. The van der Waals surface area contributed by atoms with E-state index in [0.717, 1.165) is 5.56 Å². The van der Waals surface area contributed by atoms with Crippen molar-refractivity contribution >= 4 is 23.3 Å². The van der Waals surface area contributed by atoms with Crippen molar-refractivity contribution in [1.29, 1.82) is 0 Å². The average Bonchev–Trinajstić information content (AvgIpc) is 2.94. The van der Waals surface area contributed by atoms with E-state index in [1.54, 1.807) is 43.7 Å². The maximum atomic E-state index is 13.7. The minimum absolute atomic E-state index is 0.275. The van der Waals surface area contributed by atoms with Crippen molar-refractivity contribution in [1.82, 2.24) is 18.7 Å². The Balaban J connectivity index is 2.23. The number of halogens is 1. The molecule has 0 atom stereocenters. The van der Waals surface area contributed by atoms with Crippen LogP contribution in [-0.4, -0.2) is 18.7 Å². The van der Waals surface area contributed by atoms with Crippen LogP contribution in [-0.2, 0) is 20.1 Å². The minimum atomic E-state index is -0.359. The quantitative estimate of drug-likeness (QED) is 0.722. The van der Waals surface area contributed by atoms with Gasteiger partial charge in [0.05, 0.1) is 0 Å². The fraction of sp³-hybridized carbons (Fsp3) is 0.316. The summed E-state index contributed by atoms with van der Waals surface area (Å²) in [6.45, 7) is 6.02. The Kier molecular flexibility index (Phi) is 4.63. The van der Waals surface area contributed by atoms with E-state index in [2.05, 4.69) is 4.98 Å². The third kappa shape index (κ3) is 2.69. The molecule has 136 valence electrons. The van der Waals surface area contributed by atoms with Crippen molar-refractivity contribution < 1.29 is 4.39 Å². The van der Waals surface area contributed by atoms with E-state index < -0.39 is 0 Å². The molecule has 2 heterocycles. The molecule has 3 rings (SSSR count). The van der Waals surface area contributed by atoms with Crippen LogP contribution in [0.25, 0.3) is 23.3 Å². The first-order valence-corrected chi connectivity index (χ1v) is 8.53. The van der Waals surface area contributed by atoms with Gasteiger partial charge in [-0.15, -0.1) is 0 Å². The van der Waals surface area contributed by atoms with Gasteiger partial charge in [0.15, 0.2) is 11.2 Å². The lowest BCUT2D eigenvalue weighted by Crippen LogP contribution is -2.39. The Morgan fingerprint density at radius 2 is 1.81 bits per heavy atom. The first-order valence-electron chi connectivity index (χ1n) is 8.53. The summed E-state index contributed by atoms with van der Waals surface area (Å²) in [5.74, 6) is 0.249. The fourth-order valence-electron chi connectivity index (χ4n) is 3.06. The average molecular weight is 356 g/mol. The van der Waals surface area contributed by atoms with Gasteiger partial charge in [-0.3, -0.25) is 13.9 Å². The van der Waals surface area contributed by atoms with Gasteiger partial charge in [0, 0.05) is 20.1 Å². The van der Waals surface area contributed by atoms with Crippen LogP contribution in [0.4, 0.5) is 4.39 Å². The van der Waals surface area contributed by atoms with Gasteiger partial charge in [-0.25, -0.2) is 14.2 Å². The summed E-state index contributed by atoms with van der Waals surface area (Å²) < 4.78 is 18.1. The minimum Gasteiger partial charge on any atom is -0.322 e. The second-order valence-corrected chi connectivity index (χ2v) is 6.06. The molecule has 26 heavy (non-hydrogen) atoms. The molecule has 7 heteroatoms. The third-order valence-electron chi connectivity index (χ3n) is 4.63. The van der Waals surface area contributed by atoms with Crippen LogP contribution >= 0.6 is 0 Å². The van der Waals surface area contributed by atoms with Gasteiger partial charge in [0.1, 0.15) is 11.6 Å². The molecular weight excluding hydrogens is 335 g/mol. The molecule has 6 nitrogen and oxygen atoms in total. The van der Waals surface area contributed by atoms with Crippen molar-refractivity contribution in [3.05, 3.63) is 61.8 Å². The third-order valence-corrected chi connectivity index (χ3v) is 4.63. The van der Waals surface area contributed by atoms with Gasteiger partial charge in [-0.05, 0) is 44.0 Å². The van der Waals surface area contributed by atoms with Crippen LogP contribution in [0.1, 0.15) is 30.8 Å². The molecule has 0 saturated carbocycles. The number of hydrogen-bond acceptors (Lipinski definition) is 3. The monoisotopic (exact) mass is 356 g/mol. The lowest BCUT2D eigenvalue weighted by molar-refractivity contribution is 0.604. The normalized spacial score (nSPS) is 11.7. The highest BCUT2D eigenvalue weighted by molar-refractivity contribution is 5.77. The molecule has 0 aliphatic rings. The van der Waals surface area contributed by atoms with E-state index in [1.165, 1.54) is 15.2 Å². The Morgan fingerprint density at radius 1 is 1.12 bits per heavy atom. The molecule has 0 aliphatic carbocycles. The molecule has 2 aromatic heterocycles. The van der Waals surface area contributed by atoms with Crippen LogP contribution in [0.2, 0.25) is 0 Å². The maximum Gasteiger partial charge on any atom is 0.332 e. The second-order valence-electron chi connectivity index (χ2n) is 6.06. The predicted octanol–water partition coefficient (Wildman–Crippen LogP) is 2.55. The summed E-state index contributed by atoms with van der Waals surface area (Å²) in [6, 6.07) is 4.87. The summed E-state index contributed by atoms with van der Waals surface area (Å²) in [5.41, 5.74) is 1.31. The van der Waals surface area contributed by atoms with Crippen LogP contribution in [0.3, 0.4) is 0 Å². The second kappa shape index (κ2) is 6.74. The Hall–Kier alpha value is -2.96. The number of aromatic nitrogens is 4. The SMILES string of the molecule is CCn1c(=O)c2c(nc(/C=C/c3cccc(F)c3C)n2C)n(CC)c1=O.